The number of aryl methyl sites for hydroxylation is 2. The van der Waals surface area contributed by atoms with Gasteiger partial charge >= 0.3 is 11.4 Å². The Bertz CT molecular complexity index is 2430. The maximum Gasteiger partial charge on any atom is 0.347 e. The number of nitrogens with zero attached hydrogens (tertiary/aromatic N) is 5. The second kappa shape index (κ2) is 12.1. The Morgan fingerprint density at radius 1 is 0.980 bits per heavy atom. The number of ether oxygens (including phenoxy) is 3. The molecule has 0 amide bonds. The number of hydrogen-bond acceptors (Lipinski definition) is 10. The first kappa shape index (κ1) is 34.1. The van der Waals surface area contributed by atoms with E-state index in [1.165, 1.54) is 47.4 Å². The molecule has 0 saturated heterocycles. The Kier molecular flexibility index (Phi) is 8.12. The van der Waals surface area contributed by atoms with Gasteiger partial charge < -0.3 is 23.9 Å². The number of phenolic OH excluding ortho intramolecular Hbond substituents is 1. The monoisotopic (exact) mass is 717 g/mol. The predicted octanol–water partition coefficient (Wildman–Crippen LogP) is 3.08. The molecule has 0 radical (unpaired) electrons. The maximum absolute atomic E-state index is 14.2. The molecular formula is C36H36ClN5O9. The molecule has 51 heavy (non-hydrogen) atoms. The van der Waals surface area contributed by atoms with Gasteiger partial charge in [0.1, 0.15) is 5.69 Å². The minimum Gasteiger partial charge on any atom is -0.503 e. The number of methoxy groups -OCH3 is 3. The number of rotatable bonds is 7. The first-order valence-electron chi connectivity index (χ1n) is 16.3. The molecule has 2 aromatic carbocycles. The quantitative estimate of drug-likeness (QED) is 0.281. The molecule has 14 nitrogen and oxygen atoms in total. The molecule has 3 aliphatic rings. The van der Waals surface area contributed by atoms with Crippen LogP contribution in [0.4, 0.5) is 0 Å². The molecule has 3 heterocycles. The van der Waals surface area contributed by atoms with E-state index in [1.807, 2.05) is 6.08 Å². The van der Waals surface area contributed by atoms with Crippen molar-refractivity contribution in [3.63, 3.8) is 0 Å². The van der Waals surface area contributed by atoms with Crippen LogP contribution in [-0.4, -0.2) is 61.5 Å². The van der Waals surface area contributed by atoms with Crippen LogP contribution in [0.5, 0.6) is 23.0 Å². The fraction of sp³-hybridized carbons (Fsp3) is 0.389. The fourth-order valence-electron chi connectivity index (χ4n) is 8.17. The summed E-state index contributed by atoms with van der Waals surface area (Å²) < 4.78 is 21.3. The Labute approximate surface area is 295 Å². The van der Waals surface area contributed by atoms with Gasteiger partial charge in [0.25, 0.3) is 5.56 Å². The van der Waals surface area contributed by atoms with Crippen LogP contribution in [0.15, 0.2) is 61.9 Å². The highest BCUT2D eigenvalue weighted by molar-refractivity contribution is 6.32. The highest BCUT2D eigenvalue weighted by Gasteiger charge is 2.59. The minimum atomic E-state index is -1.26. The Morgan fingerprint density at radius 3 is 2.35 bits per heavy atom. The number of hydrogen-bond donors (Lipinski definition) is 1. The van der Waals surface area contributed by atoms with Crippen LogP contribution in [-0.2, 0) is 36.1 Å². The van der Waals surface area contributed by atoms with Crippen LogP contribution >= 0.6 is 11.6 Å². The lowest BCUT2D eigenvalue weighted by Crippen LogP contribution is -2.54. The summed E-state index contributed by atoms with van der Waals surface area (Å²) in [7, 11) is 5.97. The van der Waals surface area contributed by atoms with Gasteiger partial charge in [0.05, 0.1) is 55.4 Å². The van der Waals surface area contributed by atoms with Crippen molar-refractivity contribution in [3.05, 3.63) is 95.2 Å². The van der Waals surface area contributed by atoms with Crippen molar-refractivity contribution in [2.45, 2.75) is 51.7 Å². The summed E-state index contributed by atoms with van der Waals surface area (Å²) in [5.74, 6) is -1.38. The molecule has 2 aliphatic carbocycles. The number of allylic oxidation sites excluding steroid dienone is 4. The van der Waals surface area contributed by atoms with Crippen LogP contribution in [0.3, 0.4) is 0 Å². The van der Waals surface area contributed by atoms with E-state index in [0.717, 1.165) is 4.57 Å². The number of phenols is 1. The highest BCUT2D eigenvalue weighted by Crippen LogP contribution is 2.60. The molecule has 2 aromatic heterocycles. The number of carbonyl (C=O) groups is 2. The SMILES string of the molecule is COc1cc2nc(CCn3c(=O)n4n(c3=O)[C@@H]3C[C@H]5C(=O)C(C)=CC(=O)[C@@]5(C)[C@@H](c5cc(Cl)c(O)c(OC)c5)C3=CC4)c(=O)n(C)c2cc1OC. The van der Waals surface area contributed by atoms with E-state index in [4.69, 9.17) is 25.8 Å². The van der Waals surface area contributed by atoms with Gasteiger partial charge in [0.15, 0.2) is 34.6 Å². The molecule has 1 aliphatic heterocycles. The molecule has 1 fully saturated rings. The summed E-state index contributed by atoms with van der Waals surface area (Å²) in [6, 6.07) is 5.66. The van der Waals surface area contributed by atoms with Crippen molar-refractivity contribution >= 4 is 34.2 Å². The van der Waals surface area contributed by atoms with E-state index in [-0.39, 0.29) is 59.7 Å². The van der Waals surface area contributed by atoms with Crippen molar-refractivity contribution in [3.8, 4) is 23.0 Å². The van der Waals surface area contributed by atoms with Crippen molar-refractivity contribution in [2.24, 2.45) is 18.4 Å². The summed E-state index contributed by atoms with van der Waals surface area (Å²) in [5.41, 5.74) is -0.217. The summed E-state index contributed by atoms with van der Waals surface area (Å²) in [5, 5.41) is 10.5. The molecule has 1 saturated carbocycles. The molecule has 1 N–H and O–H groups in total. The van der Waals surface area contributed by atoms with Gasteiger partial charge in [-0.05, 0) is 48.3 Å². The van der Waals surface area contributed by atoms with Crippen molar-refractivity contribution < 1.29 is 28.9 Å². The maximum atomic E-state index is 14.2. The number of aromatic nitrogens is 5. The third-order valence-corrected chi connectivity index (χ3v) is 11.1. The average Bonchev–Trinajstić information content (AvgIpc) is 3.36. The van der Waals surface area contributed by atoms with Gasteiger partial charge in [0.2, 0.25) is 0 Å². The van der Waals surface area contributed by atoms with Gasteiger partial charge in [0, 0.05) is 44.0 Å². The van der Waals surface area contributed by atoms with E-state index in [0.29, 0.717) is 39.2 Å². The molecule has 7 rings (SSSR count). The van der Waals surface area contributed by atoms with Crippen LogP contribution in [0.1, 0.15) is 43.5 Å². The van der Waals surface area contributed by atoms with Gasteiger partial charge in [-0.25, -0.2) is 28.5 Å². The van der Waals surface area contributed by atoms with E-state index >= 15 is 0 Å². The number of aromatic hydroxyl groups is 1. The van der Waals surface area contributed by atoms with Gasteiger partial charge in [-0.15, -0.1) is 0 Å². The predicted molar refractivity (Wildman–Crippen MR) is 186 cm³/mol. The molecule has 4 atom stereocenters. The summed E-state index contributed by atoms with van der Waals surface area (Å²) in [6.45, 7) is 3.22. The van der Waals surface area contributed by atoms with E-state index in [1.54, 1.807) is 39.1 Å². The zero-order chi connectivity index (χ0) is 36.7. The van der Waals surface area contributed by atoms with E-state index in [2.05, 4.69) is 4.98 Å². The second-order valence-corrected chi connectivity index (χ2v) is 13.8. The summed E-state index contributed by atoms with van der Waals surface area (Å²) in [6.07, 6.45) is 3.26. The summed E-state index contributed by atoms with van der Waals surface area (Å²) in [4.78, 5) is 73.7. The third-order valence-electron chi connectivity index (χ3n) is 10.8. The Hall–Kier alpha value is -5.37. The second-order valence-electron chi connectivity index (χ2n) is 13.3. The number of Topliss-reactive ketones (excluding diaryl/α,β-unsaturated/α-hetero) is 1. The lowest BCUT2D eigenvalue weighted by Gasteiger charge is -2.52. The minimum absolute atomic E-state index is 0.00408. The Balaban J connectivity index is 1.32. The van der Waals surface area contributed by atoms with E-state index < -0.39 is 40.2 Å². The smallest absolute Gasteiger partial charge is 0.347 e. The van der Waals surface area contributed by atoms with E-state index in [9.17, 15) is 29.1 Å². The van der Waals surface area contributed by atoms with Gasteiger partial charge in [-0.2, -0.15) is 0 Å². The normalized spacial score (nSPS) is 22.5. The number of benzene rings is 2. The van der Waals surface area contributed by atoms with Gasteiger partial charge in [-0.1, -0.05) is 24.6 Å². The zero-order valence-corrected chi connectivity index (χ0v) is 29.6. The standard InChI is InChI=1S/C36H36ClN5O9/c1-17-11-29(43)36(2)20(31(17)44)14-24-19(30(36)18-12-21(37)32(45)28(13-18)51-6)7-10-41-34(47)40(35(48)42(24)41)9-8-22-33(46)39(3)25-16-27(50-5)26(49-4)15-23(25)38-22/h7,11-13,15-16,20,24,30,45H,8-10,14H2,1-6H3/t20-,24+,30-,36-/m0/s1. The molecule has 266 valence electrons. The van der Waals surface area contributed by atoms with Crippen molar-refractivity contribution in [1.82, 2.24) is 23.5 Å². The molecule has 15 heteroatoms. The number of fused-ring (bicyclic) bond motifs is 5. The largest absolute Gasteiger partial charge is 0.503 e. The first-order valence-corrected chi connectivity index (χ1v) is 16.7. The third kappa shape index (κ3) is 4.90. The van der Waals surface area contributed by atoms with Crippen LogP contribution < -0.4 is 31.1 Å². The molecule has 4 aromatic rings. The number of ketones is 2. The molecule has 0 unspecified atom stereocenters. The lowest BCUT2D eigenvalue weighted by molar-refractivity contribution is -0.139. The Morgan fingerprint density at radius 2 is 1.67 bits per heavy atom. The fourth-order valence-corrected chi connectivity index (χ4v) is 8.39. The van der Waals surface area contributed by atoms with Crippen LogP contribution in [0, 0.1) is 11.3 Å². The number of carbonyl (C=O) groups excluding carboxylic acids is 2. The van der Waals surface area contributed by atoms with Crippen LogP contribution in [0.2, 0.25) is 5.02 Å². The average molecular weight is 718 g/mol. The highest BCUT2D eigenvalue weighted by atomic mass is 35.5. The topological polar surface area (TPSA) is 166 Å². The summed E-state index contributed by atoms with van der Waals surface area (Å²) >= 11 is 6.44. The molecular weight excluding hydrogens is 682 g/mol. The van der Waals surface area contributed by atoms with Crippen molar-refractivity contribution in [2.75, 3.05) is 21.3 Å². The van der Waals surface area contributed by atoms with Crippen molar-refractivity contribution in [1.29, 1.82) is 0 Å². The van der Waals surface area contributed by atoms with Crippen LogP contribution in [0.25, 0.3) is 11.0 Å². The van der Waals surface area contributed by atoms with Gasteiger partial charge in [-0.3, -0.25) is 14.4 Å². The molecule has 0 spiro atoms. The zero-order valence-electron chi connectivity index (χ0n) is 28.9. The first-order chi connectivity index (χ1) is 24.3. The number of halogens is 1. The molecule has 0 bridgehead atoms. The lowest BCUT2D eigenvalue weighted by atomic mass is 9.51.